The Morgan fingerprint density at radius 1 is 1.21 bits per heavy atom. The number of hydroxylamine groups is 1. The molecule has 3 N–H and O–H groups in total. The molecule has 0 heterocycles. The van der Waals surface area contributed by atoms with Crippen molar-refractivity contribution in [3.8, 4) is 0 Å². The first-order valence-electron chi connectivity index (χ1n) is 6.26. The van der Waals surface area contributed by atoms with Crippen molar-refractivity contribution in [1.29, 1.82) is 0 Å². The van der Waals surface area contributed by atoms with Gasteiger partial charge < -0.3 is 5.11 Å². The number of hydrogen-bond donors (Lipinski definition) is 3. The molecule has 0 aliphatic rings. The molecule has 0 saturated carbocycles. The van der Waals surface area contributed by atoms with Crippen molar-refractivity contribution in [2.24, 2.45) is 0 Å². The minimum Gasteiger partial charge on any atom is -0.400 e. The van der Waals surface area contributed by atoms with Gasteiger partial charge in [0.15, 0.2) is 0 Å². The number of aliphatic hydroxyl groups is 1. The van der Waals surface area contributed by atoms with Gasteiger partial charge in [-0.25, -0.2) is 9.87 Å². The second-order valence-corrected chi connectivity index (χ2v) is 3.72. The van der Waals surface area contributed by atoms with Crippen LogP contribution < -0.4 is 5.48 Å². The minimum absolute atomic E-state index is 0.262. The van der Waals surface area contributed by atoms with E-state index in [0.29, 0.717) is 12.8 Å². The van der Waals surface area contributed by atoms with Gasteiger partial charge in [0.05, 0.1) is 0 Å². The lowest BCUT2D eigenvalue weighted by Crippen LogP contribution is -2.18. The van der Waals surface area contributed by atoms with Gasteiger partial charge in [-0.05, 0) is 30.5 Å². The van der Waals surface area contributed by atoms with Crippen molar-refractivity contribution in [3.63, 3.8) is 0 Å². The summed E-state index contributed by atoms with van der Waals surface area (Å²) in [5, 5.41) is 15.2. The predicted octanol–water partition coefficient (Wildman–Crippen LogP) is 2.68. The van der Waals surface area contributed by atoms with Gasteiger partial charge in [0, 0.05) is 13.5 Å². The highest BCUT2D eigenvalue weighted by Crippen LogP contribution is 2.06. The molecule has 0 unspecified atom stereocenters. The summed E-state index contributed by atoms with van der Waals surface area (Å²) in [6, 6.07) is 6.15. The molecule has 0 bridgehead atoms. The maximum Gasteiger partial charge on any atom is 0.243 e. The topological polar surface area (TPSA) is 69.6 Å². The summed E-state index contributed by atoms with van der Waals surface area (Å²) in [7, 11) is 1.00. The Bertz CT molecular complexity index is 315. The molecule has 0 saturated heterocycles. The van der Waals surface area contributed by atoms with Crippen molar-refractivity contribution in [2.75, 3.05) is 7.11 Å². The fourth-order valence-corrected chi connectivity index (χ4v) is 1.16. The third-order valence-corrected chi connectivity index (χ3v) is 1.91. The molecule has 0 radical (unpaired) electrons. The third-order valence-electron chi connectivity index (χ3n) is 1.91. The zero-order valence-corrected chi connectivity index (χ0v) is 11.8. The summed E-state index contributed by atoms with van der Waals surface area (Å²) < 4.78 is 12.5. The van der Waals surface area contributed by atoms with Gasteiger partial charge in [-0.15, -0.1) is 0 Å². The van der Waals surface area contributed by atoms with Crippen LogP contribution in [0.3, 0.4) is 0 Å². The fourth-order valence-electron chi connectivity index (χ4n) is 1.16. The molecule has 110 valence electrons. The summed E-state index contributed by atoms with van der Waals surface area (Å²) in [6.45, 7) is 4.25. The summed E-state index contributed by atoms with van der Waals surface area (Å²) in [6.07, 6.45) is 2.86. The van der Waals surface area contributed by atoms with Crippen molar-refractivity contribution >= 4 is 5.91 Å². The van der Waals surface area contributed by atoms with Crippen molar-refractivity contribution in [1.82, 2.24) is 5.48 Å². The number of halogens is 1. The van der Waals surface area contributed by atoms with Gasteiger partial charge in [-0.3, -0.25) is 10.0 Å². The highest BCUT2D eigenvalue weighted by molar-refractivity contribution is 5.74. The van der Waals surface area contributed by atoms with E-state index in [-0.39, 0.29) is 12.2 Å². The van der Waals surface area contributed by atoms with E-state index in [4.69, 9.17) is 10.3 Å². The van der Waals surface area contributed by atoms with Crippen LogP contribution in [0.5, 0.6) is 0 Å². The van der Waals surface area contributed by atoms with E-state index in [1.165, 1.54) is 18.6 Å². The molecule has 19 heavy (non-hydrogen) atoms. The summed E-state index contributed by atoms with van der Waals surface area (Å²) in [4.78, 5) is 10.6. The molecule has 1 aromatic carbocycles. The molecular weight excluding hydrogens is 249 g/mol. The van der Waals surface area contributed by atoms with Crippen LogP contribution in [-0.4, -0.2) is 23.3 Å². The number of carbonyl (C=O) groups excluding carboxylic acids is 1. The van der Waals surface area contributed by atoms with E-state index in [1.54, 1.807) is 17.6 Å². The second kappa shape index (κ2) is 14.6. The number of aliphatic hydroxyl groups excluding tert-OH is 1. The second-order valence-electron chi connectivity index (χ2n) is 3.72. The smallest absolute Gasteiger partial charge is 0.243 e. The zero-order valence-electron chi connectivity index (χ0n) is 11.8. The highest BCUT2D eigenvalue weighted by atomic mass is 19.1. The first-order valence-corrected chi connectivity index (χ1v) is 6.26. The largest absolute Gasteiger partial charge is 0.400 e. The maximum absolute atomic E-state index is 12.5. The number of amides is 1. The Balaban J connectivity index is 0. The fraction of sp³-hybridized carbons (Fsp3) is 0.500. The van der Waals surface area contributed by atoms with E-state index in [2.05, 4.69) is 13.8 Å². The van der Waals surface area contributed by atoms with Crippen LogP contribution in [0.15, 0.2) is 24.3 Å². The van der Waals surface area contributed by atoms with Crippen LogP contribution in [-0.2, 0) is 11.2 Å². The third kappa shape index (κ3) is 12.8. The van der Waals surface area contributed by atoms with Gasteiger partial charge in [-0.2, -0.15) is 0 Å². The Hall–Kier alpha value is -1.46. The molecule has 0 atom stereocenters. The molecule has 4 nitrogen and oxygen atoms in total. The van der Waals surface area contributed by atoms with Crippen molar-refractivity contribution in [2.45, 2.75) is 39.5 Å². The molecule has 1 rings (SSSR count). The summed E-state index contributed by atoms with van der Waals surface area (Å²) >= 11 is 0. The molecule has 0 fully saturated rings. The Labute approximate surface area is 114 Å². The standard InChI is InChI=1S/C10H12FNO2.C3H8.CH4O/c11-9-6-4-8(5-7-9)2-1-3-10(13)12-14;1-3-2;1-2/h4-7,14H,1-3H2,(H,12,13);3H2,1-2H3;2H,1H3. The molecule has 5 heteroatoms. The zero-order chi connectivity index (χ0) is 15.1. The quantitative estimate of drug-likeness (QED) is 0.583. The number of benzene rings is 1. The Morgan fingerprint density at radius 2 is 1.68 bits per heavy atom. The van der Waals surface area contributed by atoms with Crippen molar-refractivity contribution < 1.29 is 19.5 Å². The predicted molar refractivity (Wildman–Crippen MR) is 73.4 cm³/mol. The number of hydrogen-bond acceptors (Lipinski definition) is 3. The van der Waals surface area contributed by atoms with Crippen LogP contribution in [0.25, 0.3) is 0 Å². The van der Waals surface area contributed by atoms with Crippen LogP contribution in [0, 0.1) is 5.82 Å². The molecule has 1 aromatic rings. The molecule has 0 aliphatic carbocycles. The lowest BCUT2D eigenvalue weighted by atomic mass is 10.1. The molecular formula is C14H24FNO3. The Morgan fingerprint density at radius 3 is 2.11 bits per heavy atom. The average Bonchev–Trinajstić information content (AvgIpc) is 2.44. The van der Waals surface area contributed by atoms with E-state index < -0.39 is 5.91 Å². The lowest BCUT2D eigenvalue weighted by molar-refractivity contribution is -0.129. The first-order chi connectivity index (χ1) is 9.13. The van der Waals surface area contributed by atoms with E-state index in [1.807, 2.05) is 0 Å². The number of aryl methyl sites for hydroxylation is 1. The van der Waals surface area contributed by atoms with Crippen LogP contribution in [0.1, 0.15) is 38.7 Å². The lowest BCUT2D eigenvalue weighted by Gasteiger charge is -2.00. The van der Waals surface area contributed by atoms with E-state index in [9.17, 15) is 9.18 Å². The van der Waals surface area contributed by atoms with Gasteiger partial charge in [0.1, 0.15) is 5.82 Å². The van der Waals surface area contributed by atoms with E-state index >= 15 is 0 Å². The minimum atomic E-state index is -0.396. The summed E-state index contributed by atoms with van der Waals surface area (Å²) in [5.74, 6) is -0.658. The monoisotopic (exact) mass is 273 g/mol. The Kier molecular flexibility index (Phi) is 15.3. The van der Waals surface area contributed by atoms with Gasteiger partial charge in [0.2, 0.25) is 5.91 Å². The molecule has 0 aromatic heterocycles. The SMILES string of the molecule is CCC.CO.O=C(CCCc1ccc(F)cc1)NO. The van der Waals surface area contributed by atoms with Gasteiger partial charge >= 0.3 is 0 Å². The molecule has 0 aliphatic heterocycles. The number of carbonyl (C=O) groups is 1. The first kappa shape index (κ1) is 19.9. The van der Waals surface area contributed by atoms with Gasteiger partial charge in [0.25, 0.3) is 0 Å². The van der Waals surface area contributed by atoms with Crippen LogP contribution >= 0.6 is 0 Å². The van der Waals surface area contributed by atoms with Crippen LogP contribution in [0.4, 0.5) is 4.39 Å². The number of rotatable bonds is 4. The van der Waals surface area contributed by atoms with Gasteiger partial charge in [-0.1, -0.05) is 32.4 Å². The molecule has 1 amide bonds. The van der Waals surface area contributed by atoms with Crippen LogP contribution in [0.2, 0.25) is 0 Å². The summed E-state index contributed by atoms with van der Waals surface area (Å²) in [5.41, 5.74) is 2.54. The van der Waals surface area contributed by atoms with Crippen molar-refractivity contribution in [3.05, 3.63) is 35.6 Å². The van der Waals surface area contributed by atoms with E-state index in [0.717, 1.165) is 12.7 Å². The molecule has 0 spiro atoms. The average molecular weight is 273 g/mol. The maximum atomic E-state index is 12.5. The normalized spacial score (nSPS) is 8.53. The number of nitrogens with one attached hydrogen (secondary N) is 1. The highest BCUT2D eigenvalue weighted by Gasteiger charge is 1.99.